The lowest BCUT2D eigenvalue weighted by Gasteiger charge is -2.13. The van der Waals surface area contributed by atoms with Crippen LogP contribution in [0.1, 0.15) is 77.0 Å². The van der Waals surface area contributed by atoms with Gasteiger partial charge in [-0.25, -0.2) is 0 Å². The summed E-state index contributed by atoms with van der Waals surface area (Å²) in [6.07, 6.45) is 11.8. The van der Waals surface area contributed by atoms with Crippen molar-refractivity contribution in [2.45, 2.75) is 77.0 Å². The van der Waals surface area contributed by atoms with Gasteiger partial charge in [0, 0.05) is 75.4 Å². The van der Waals surface area contributed by atoms with Crippen LogP contribution in [0.2, 0.25) is 0 Å². The molecule has 15 heteroatoms. The molecule has 3 rings (SSSR count). The number of esters is 3. The maximum absolute atomic E-state index is 12.4. The van der Waals surface area contributed by atoms with Crippen molar-refractivity contribution in [3.8, 4) is 0 Å². The predicted molar refractivity (Wildman–Crippen MR) is 159 cm³/mol. The van der Waals surface area contributed by atoms with Crippen molar-refractivity contribution in [1.29, 1.82) is 0 Å². The van der Waals surface area contributed by atoms with E-state index < -0.39 is 23.9 Å². The minimum Gasteiger partial charge on any atom is -0.427 e. The molecule has 0 fully saturated rings. The Morgan fingerprint density at radius 1 is 0.447 bits per heavy atom. The Bertz CT molecular complexity index is 1270. The van der Waals surface area contributed by atoms with E-state index in [0.717, 1.165) is 21.0 Å². The average molecular weight is 656 g/mol. The normalized spacial score (nSPS) is 15.4. The molecule has 3 heterocycles. The molecule has 0 saturated heterocycles. The molecule has 0 unspecified atom stereocenters. The highest BCUT2D eigenvalue weighted by Gasteiger charge is 2.24. The number of carbonyl (C=O) groups excluding carboxylic acids is 9. The number of rotatable bonds is 21. The third-order valence-corrected chi connectivity index (χ3v) is 7.20. The second kappa shape index (κ2) is 18.7. The number of nitrogens with zero attached hydrogens (tertiary/aromatic N) is 3. The van der Waals surface area contributed by atoms with Gasteiger partial charge in [-0.15, -0.1) is 0 Å². The van der Waals surface area contributed by atoms with Crippen molar-refractivity contribution in [2.75, 3.05) is 19.6 Å². The molecule has 0 atom stereocenters. The van der Waals surface area contributed by atoms with Crippen molar-refractivity contribution in [1.82, 2.24) is 14.7 Å². The standard InChI is InChI=1S/C32H37N3O12/c36-23-13-14-24(37)33(23)19-7-1-4-10-29(42)45-22-32(46-30(43)11-5-2-8-20-34-25(38)15-16-26(34)39)47-31(44)12-6-3-9-21-35-27(40)17-18-28(35)41/h13-18,22H,1-12,19-21H2. The van der Waals surface area contributed by atoms with Crippen LogP contribution in [0.3, 0.4) is 0 Å². The zero-order valence-corrected chi connectivity index (χ0v) is 25.9. The van der Waals surface area contributed by atoms with E-state index in [1.54, 1.807) is 0 Å². The summed E-state index contributed by atoms with van der Waals surface area (Å²) in [5.41, 5.74) is 0. The SMILES string of the molecule is O=C(CCCCCN1C(=O)C=CC1=O)OC=C(OC(=O)CCCCCN1C(=O)C=CC1=O)OC(=O)CCCCCN1C(=O)C=CC1=O. The van der Waals surface area contributed by atoms with E-state index in [-0.39, 0.29) is 74.3 Å². The van der Waals surface area contributed by atoms with Crippen LogP contribution in [0.5, 0.6) is 0 Å². The van der Waals surface area contributed by atoms with E-state index in [1.165, 1.54) is 36.5 Å². The third kappa shape index (κ3) is 12.2. The lowest BCUT2D eigenvalue weighted by atomic mass is 10.2. The Labute approximate surface area is 270 Å². The summed E-state index contributed by atoms with van der Waals surface area (Å²) in [7, 11) is 0. The first-order valence-electron chi connectivity index (χ1n) is 15.5. The topological polar surface area (TPSA) is 191 Å². The van der Waals surface area contributed by atoms with E-state index in [0.29, 0.717) is 57.8 Å². The zero-order valence-electron chi connectivity index (χ0n) is 25.9. The highest BCUT2D eigenvalue weighted by molar-refractivity contribution is 6.14. The molecular formula is C32H37N3O12. The van der Waals surface area contributed by atoms with Gasteiger partial charge in [0.1, 0.15) is 0 Å². The Morgan fingerprint density at radius 2 is 0.745 bits per heavy atom. The number of hydrogen-bond acceptors (Lipinski definition) is 12. The predicted octanol–water partition coefficient (Wildman–Crippen LogP) is 1.87. The van der Waals surface area contributed by atoms with Crippen LogP contribution in [0.15, 0.2) is 48.7 Å². The van der Waals surface area contributed by atoms with Crippen molar-refractivity contribution < 1.29 is 57.4 Å². The summed E-state index contributed by atoms with van der Waals surface area (Å²) < 4.78 is 15.3. The number of amides is 6. The molecule has 0 aromatic rings. The van der Waals surface area contributed by atoms with Crippen LogP contribution in [-0.2, 0) is 57.4 Å². The lowest BCUT2D eigenvalue weighted by Crippen LogP contribution is -2.30. The van der Waals surface area contributed by atoms with Crippen LogP contribution < -0.4 is 0 Å². The summed E-state index contributed by atoms with van der Waals surface area (Å²) >= 11 is 0. The maximum Gasteiger partial charge on any atom is 0.332 e. The molecule has 0 N–H and O–H groups in total. The maximum atomic E-state index is 12.4. The summed E-state index contributed by atoms with van der Waals surface area (Å²) in [4.78, 5) is 110. The van der Waals surface area contributed by atoms with Gasteiger partial charge in [-0.2, -0.15) is 0 Å². The number of carbonyl (C=O) groups is 9. The second-order valence-corrected chi connectivity index (χ2v) is 10.8. The molecule has 0 spiro atoms. The van der Waals surface area contributed by atoms with Gasteiger partial charge in [0.05, 0.1) is 0 Å². The molecule has 0 bridgehead atoms. The van der Waals surface area contributed by atoms with Gasteiger partial charge in [0.25, 0.3) is 35.4 Å². The molecule has 47 heavy (non-hydrogen) atoms. The Hall–Kier alpha value is -5.21. The first-order chi connectivity index (χ1) is 22.5. The van der Waals surface area contributed by atoms with Crippen molar-refractivity contribution >= 4 is 53.4 Å². The van der Waals surface area contributed by atoms with Gasteiger partial charge in [-0.3, -0.25) is 57.9 Å². The monoisotopic (exact) mass is 655 g/mol. The van der Waals surface area contributed by atoms with E-state index in [1.807, 2.05) is 0 Å². The lowest BCUT2D eigenvalue weighted by molar-refractivity contribution is -0.156. The summed E-state index contributed by atoms with van der Waals surface area (Å²) in [6.45, 7) is 0.657. The smallest absolute Gasteiger partial charge is 0.332 e. The molecule has 6 amide bonds. The Kier molecular flexibility index (Phi) is 14.4. The fraction of sp³-hybridized carbons (Fsp3) is 0.469. The molecule has 0 aliphatic carbocycles. The van der Waals surface area contributed by atoms with E-state index >= 15 is 0 Å². The Balaban J connectivity index is 1.39. The quantitative estimate of drug-likeness (QED) is 0.0756. The van der Waals surface area contributed by atoms with Crippen LogP contribution in [0, 0.1) is 0 Å². The van der Waals surface area contributed by atoms with Gasteiger partial charge in [-0.1, -0.05) is 19.3 Å². The molecular weight excluding hydrogens is 618 g/mol. The fourth-order valence-corrected chi connectivity index (χ4v) is 4.67. The summed E-state index contributed by atoms with van der Waals surface area (Å²) in [6, 6.07) is 0. The number of ether oxygens (including phenoxy) is 3. The molecule has 3 aliphatic rings. The molecule has 15 nitrogen and oxygen atoms in total. The highest BCUT2D eigenvalue weighted by Crippen LogP contribution is 2.14. The van der Waals surface area contributed by atoms with E-state index in [4.69, 9.17) is 14.2 Å². The third-order valence-electron chi connectivity index (χ3n) is 7.20. The van der Waals surface area contributed by atoms with E-state index in [2.05, 4.69) is 0 Å². The van der Waals surface area contributed by atoms with Crippen molar-refractivity contribution in [3.63, 3.8) is 0 Å². The van der Waals surface area contributed by atoms with E-state index in [9.17, 15) is 43.2 Å². The molecule has 3 aliphatic heterocycles. The second-order valence-electron chi connectivity index (χ2n) is 10.8. The van der Waals surface area contributed by atoms with Crippen LogP contribution in [0.4, 0.5) is 0 Å². The number of imide groups is 3. The van der Waals surface area contributed by atoms with Crippen LogP contribution in [-0.4, -0.2) is 87.7 Å². The molecule has 0 aromatic carbocycles. The fourth-order valence-electron chi connectivity index (χ4n) is 4.67. The zero-order chi connectivity index (χ0) is 34.2. The van der Waals surface area contributed by atoms with Crippen LogP contribution >= 0.6 is 0 Å². The molecule has 252 valence electrons. The number of unbranched alkanes of at least 4 members (excludes halogenated alkanes) is 6. The molecule has 0 saturated carbocycles. The first-order valence-corrected chi connectivity index (χ1v) is 15.5. The van der Waals surface area contributed by atoms with Crippen molar-refractivity contribution in [2.24, 2.45) is 0 Å². The summed E-state index contributed by atoms with van der Waals surface area (Å²) in [5.74, 6) is -5.13. The minimum atomic E-state index is -0.760. The van der Waals surface area contributed by atoms with Gasteiger partial charge >= 0.3 is 23.9 Å². The minimum absolute atomic E-state index is 0.0269. The molecule has 0 radical (unpaired) electrons. The van der Waals surface area contributed by atoms with Gasteiger partial charge in [-0.05, 0) is 38.5 Å². The summed E-state index contributed by atoms with van der Waals surface area (Å²) in [5, 5.41) is 0. The molecule has 0 aromatic heterocycles. The van der Waals surface area contributed by atoms with Gasteiger partial charge < -0.3 is 14.2 Å². The van der Waals surface area contributed by atoms with Gasteiger partial charge in [0.2, 0.25) is 0 Å². The van der Waals surface area contributed by atoms with Crippen LogP contribution in [0.25, 0.3) is 0 Å². The van der Waals surface area contributed by atoms with Crippen molar-refractivity contribution in [3.05, 3.63) is 48.7 Å². The largest absolute Gasteiger partial charge is 0.427 e. The Morgan fingerprint density at radius 3 is 1.06 bits per heavy atom. The average Bonchev–Trinajstić information content (AvgIpc) is 3.65. The highest BCUT2D eigenvalue weighted by atomic mass is 16.7. The number of hydrogen-bond donors (Lipinski definition) is 0. The first kappa shape index (κ1) is 36.3. The van der Waals surface area contributed by atoms with Gasteiger partial charge in [0.15, 0.2) is 6.26 Å².